The second-order valence-electron chi connectivity index (χ2n) is 5.95. The van der Waals surface area contributed by atoms with E-state index in [1.54, 1.807) is 0 Å². The average Bonchev–Trinajstić information content (AvgIpc) is 2.53. The lowest BCUT2D eigenvalue weighted by molar-refractivity contribution is 0.496. The number of aromatic nitrogens is 1. The van der Waals surface area contributed by atoms with E-state index in [-0.39, 0.29) is 0 Å². The van der Waals surface area contributed by atoms with Crippen LogP contribution in [0.5, 0.6) is 0 Å². The van der Waals surface area contributed by atoms with Crippen LogP contribution < -0.4 is 10.6 Å². The van der Waals surface area contributed by atoms with Gasteiger partial charge < -0.3 is 10.6 Å². The fourth-order valence-corrected chi connectivity index (χ4v) is 2.62. The summed E-state index contributed by atoms with van der Waals surface area (Å²) in [6.45, 7) is 5.09. The van der Waals surface area contributed by atoms with Gasteiger partial charge in [-0.3, -0.25) is 4.98 Å². The fourth-order valence-electron chi connectivity index (χ4n) is 2.62. The van der Waals surface area contributed by atoms with E-state index >= 15 is 0 Å². The minimum absolute atomic E-state index is 0.693. The van der Waals surface area contributed by atoms with Crippen molar-refractivity contribution in [2.24, 2.45) is 5.92 Å². The summed E-state index contributed by atoms with van der Waals surface area (Å²) in [4.78, 5) is 4.42. The molecule has 1 heterocycles. The molecule has 2 aromatic rings. The Bertz CT molecular complexity index is 539. The van der Waals surface area contributed by atoms with Crippen molar-refractivity contribution in [2.75, 3.05) is 13.6 Å². The molecule has 2 rings (SSSR count). The highest BCUT2D eigenvalue weighted by Gasteiger charge is 2.03. The van der Waals surface area contributed by atoms with E-state index < -0.39 is 0 Å². The molecule has 2 N–H and O–H groups in total. The number of hydrogen-bond acceptors (Lipinski definition) is 3. The average molecular weight is 297 g/mol. The summed E-state index contributed by atoms with van der Waals surface area (Å²) >= 11 is 0. The molecule has 0 fully saturated rings. The van der Waals surface area contributed by atoms with E-state index in [1.165, 1.54) is 17.5 Å². The third-order valence-electron chi connectivity index (χ3n) is 3.81. The van der Waals surface area contributed by atoms with Crippen LogP contribution in [-0.2, 0) is 19.5 Å². The molecule has 0 aliphatic carbocycles. The van der Waals surface area contributed by atoms with Gasteiger partial charge in [0.2, 0.25) is 0 Å². The monoisotopic (exact) mass is 297 g/mol. The summed E-state index contributed by atoms with van der Waals surface area (Å²) in [5.41, 5.74) is 3.83. The fraction of sp³-hybridized carbons (Fsp3) is 0.421. The Hall–Kier alpha value is -1.71. The van der Waals surface area contributed by atoms with Gasteiger partial charge in [0, 0.05) is 19.3 Å². The summed E-state index contributed by atoms with van der Waals surface area (Å²) in [5.74, 6) is 0.693. The van der Waals surface area contributed by atoms with Gasteiger partial charge in [0.1, 0.15) is 0 Å². The Morgan fingerprint density at radius 2 is 1.86 bits per heavy atom. The largest absolute Gasteiger partial charge is 0.316 e. The van der Waals surface area contributed by atoms with Gasteiger partial charge >= 0.3 is 0 Å². The molecule has 3 nitrogen and oxygen atoms in total. The zero-order valence-corrected chi connectivity index (χ0v) is 13.7. The van der Waals surface area contributed by atoms with E-state index in [0.717, 1.165) is 31.7 Å². The molecule has 0 aliphatic heterocycles. The number of rotatable bonds is 9. The van der Waals surface area contributed by atoms with Gasteiger partial charge in [-0.15, -0.1) is 0 Å². The number of nitrogens with one attached hydrogen (secondary N) is 2. The maximum atomic E-state index is 4.42. The van der Waals surface area contributed by atoms with Gasteiger partial charge in [-0.2, -0.15) is 0 Å². The molecule has 0 amide bonds. The Balaban J connectivity index is 1.67. The molecule has 0 saturated heterocycles. The van der Waals surface area contributed by atoms with Crippen molar-refractivity contribution in [1.82, 2.24) is 15.6 Å². The van der Waals surface area contributed by atoms with Gasteiger partial charge in [-0.05, 0) is 55.6 Å². The molecule has 1 atom stereocenters. The predicted molar refractivity (Wildman–Crippen MR) is 92.6 cm³/mol. The standard InChI is InChI=1S/C19H27N3/c1-16(12-17-6-4-3-5-7-17)8-10-21-15-19-13-18(14-20-2)9-11-22-19/h3-7,9,11,13,16,20-21H,8,10,12,14-15H2,1-2H3. The minimum atomic E-state index is 0.693. The van der Waals surface area contributed by atoms with Gasteiger partial charge in [0.25, 0.3) is 0 Å². The van der Waals surface area contributed by atoms with E-state index in [4.69, 9.17) is 0 Å². The number of hydrogen-bond donors (Lipinski definition) is 2. The molecule has 0 aliphatic rings. The summed E-state index contributed by atoms with van der Waals surface area (Å²) in [6.07, 6.45) is 4.23. The zero-order valence-electron chi connectivity index (χ0n) is 13.7. The smallest absolute Gasteiger partial charge is 0.0544 e. The van der Waals surface area contributed by atoms with E-state index in [0.29, 0.717) is 5.92 Å². The lowest BCUT2D eigenvalue weighted by atomic mass is 9.98. The molecular weight excluding hydrogens is 270 g/mol. The molecule has 118 valence electrons. The van der Waals surface area contributed by atoms with Crippen LogP contribution in [0.1, 0.15) is 30.2 Å². The van der Waals surface area contributed by atoms with Crippen LogP contribution in [0.25, 0.3) is 0 Å². The molecule has 0 spiro atoms. The first-order valence-corrected chi connectivity index (χ1v) is 8.11. The molecule has 22 heavy (non-hydrogen) atoms. The van der Waals surface area contributed by atoms with Crippen molar-refractivity contribution in [2.45, 2.75) is 32.9 Å². The number of nitrogens with zero attached hydrogens (tertiary/aromatic N) is 1. The van der Waals surface area contributed by atoms with Crippen LogP contribution >= 0.6 is 0 Å². The van der Waals surface area contributed by atoms with E-state index in [2.05, 4.69) is 65.0 Å². The van der Waals surface area contributed by atoms with Crippen molar-refractivity contribution in [1.29, 1.82) is 0 Å². The van der Waals surface area contributed by atoms with Crippen molar-refractivity contribution in [3.8, 4) is 0 Å². The van der Waals surface area contributed by atoms with Gasteiger partial charge in [0.15, 0.2) is 0 Å². The first-order chi connectivity index (χ1) is 10.8. The third kappa shape index (κ3) is 5.96. The topological polar surface area (TPSA) is 37.0 Å². The van der Waals surface area contributed by atoms with Crippen LogP contribution in [0.4, 0.5) is 0 Å². The molecular formula is C19H27N3. The molecule has 1 unspecified atom stereocenters. The lowest BCUT2D eigenvalue weighted by Gasteiger charge is -2.12. The van der Waals surface area contributed by atoms with Crippen molar-refractivity contribution >= 4 is 0 Å². The zero-order chi connectivity index (χ0) is 15.6. The van der Waals surface area contributed by atoms with Crippen molar-refractivity contribution in [3.63, 3.8) is 0 Å². The Labute approximate surface area is 134 Å². The molecule has 1 aromatic heterocycles. The van der Waals surface area contributed by atoms with Crippen LogP contribution in [0.15, 0.2) is 48.7 Å². The predicted octanol–water partition coefficient (Wildman–Crippen LogP) is 3.16. The van der Waals surface area contributed by atoms with E-state index in [9.17, 15) is 0 Å². The quantitative estimate of drug-likeness (QED) is 0.698. The lowest BCUT2D eigenvalue weighted by Crippen LogP contribution is -2.18. The minimum Gasteiger partial charge on any atom is -0.316 e. The van der Waals surface area contributed by atoms with Crippen LogP contribution in [-0.4, -0.2) is 18.6 Å². The number of pyridine rings is 1. The second kappa shape index (κ2) is 9.34. The molecule has 1 aromatic carbocycles. The highest BCUT2D eigenvalue weighted by molar-refractivity contribution is 5.16. The van der Waals surface area contributed by atoms with Crippen LogP contribution in [0.2, 0.25) is 0 Å². The van der Waals surface area contributed by atoms with Crippen molar-refractivity contribution < 1.29 is 0 Å². The molecule has 0 radical (unpaired) electrons. The summed E-state index contributed by atoms with van der Waals surface area (Å²) in [5, 5.41) is 6.67. The van der Waals surface area contributed by atoms with Gasteiger partial charge in [-0.1, -0.05) is 37.3 Å². The maximum Gasteiger partial charge on any atom is 0.0544 e. The highest BCUT2D eigenvalue weighted by atomic mass is 14.9. The first kappa shape index (κ1) is 16.7. The second-order valence-corrected chi connectivity index (χ2v) is 5.95. The van der Waals surface area contributed by atoms with Crippen molar-refractivity contribution in [3.05, 3.63) is 65.5 Å². The molecule has 3 heteroatoms. The highest BCUT2D eigenvalue weighted by Crippen LogP contribution is 2.11. The summed E-state index contributed by atoms with van der Waals surface area (Å²) in [6, 6.07) is 14.9. The molecule has 0 bridgehead atoms. The first-order valence-electron chi connectivity index (χ1n) is 8.11. The maximum absolute atomic E-state index is 4.42. The van der Waals surface area contributed by atoms with E-state index in [1.807, 2.05) is 13.2 Å². The summed E-state index contributed by atoms with van der Waals surface area (Å²) in [7, 11) is 1.96. The Morgan fingerprint density at radius 3 is 2.64 bits per heavy atom. The van der Waals surface area contributed by atoms with Crippen LogP contribution in [0, 0.1) is 5.92 Å². The van der Waals surface area contributed by atoms with Crippen LogP contribution in [0.3, 0.4) is 0 Å². The summed E-state index contributed by atoms with van der Waals surface area (Å²) < 4.78 is 0. The number of benzene rings is 1. The third-order valence-corrected chi connectivity index (χ3v) is 3.81. The van der Waals surface area contributed by atoms with Gasteiger partial charge in [0.05, 0.1) is 5.69 Å². The Morgan fingerprint density at radius 1 is 1.05 bits per heavy atom. The SMILES string of the molecule is CNCc1ccnc(CNCCC(C)Cc2ccccc2)c1. The normalized spacial score (nSPS) is 12.3. The van der Waals surface area contributed by atoms with Gasteiger partial charge in [-0.25, -0.2) is 0 Å². The molecule has 0 saturated carbocycles. The Kier molecular flexibility index (Phi) is 7.07.